The summed E-state index contributed by atoms with van der Waals surface area (Å²) >= 11 is 5.54. The molecule has 1 aromatic rings. The first-order valence-corrected chi connectivity index (χ1v) is 4.10. The lowest BCUT2D eigenvalue weighted by Crippen LogP contribution is -2.25. The van der Waals surface area contributed by atoms with Crippen molar-refractivity contribution in [3.8, 4) is 0 Å². The lowest BCUT2D eigenvalue weighted by atomic mass is 9.97. The first-order valence-electron chi connectivity index (χ1n) is 3.73. The van der Waals surface area contributed by atoms with E-state index >= 15 is 0 Å². The molecule has 0 aliphatic carbocycles. The number of hydrogen-bond donors (Lipinski definition) is 1. The van der Waals surface area contributed by atoms with E-state index in [2.05, 4.69) is 0 Å². The molecule has 0 bridgehead atoms. The van der Waals surface area contributed by atoms with Crippen LogP contribution in [0.2, 0.25) is 5.02 Å². The van der Waals surface area contributed by atoms with Crippen molar-refractivity contribution in [3.63, 3.8) is 0 Å². The van der Waals surface area contributed by atoms with Gasteiger partial charge in [0.05, 0.1) is 5.02 Å². The minimum atomic E-state index is -2.12. The minimum Gasteiger partial charge on any atom is -0.378 e. The van der Waals surface area contributed by atoms with Crippen molar-refractivity contribution in [1.82, 2.24) is 0 Å². The first-order chi connectivity index (χ1) is 6.40. The van der Waals surface area contributed by atoms with Gasteiger partial charge in [-0.15, -0.1) is 0 Å². The molecule has 0 spiro atoms. The molecule has 0 aromatic heterocycles. The van der Waals surface area contributed by atoms with Crippen molar-refractivity contribution in [2.24, 2.45) is 0 Å². The summed E-state index contributed by atoms with van der Waals surface area (Å²) < 4.78 is 25.9. The summed E-state index contributed by atoms with van der Waals surface area (Å²) in [6, 6.07) is 1.90. The van der Waals surface area contributed by atoms with Gasteiger partial charge in [-0.25, -0.2) is 8.78 Å². The Bertz CT molecular complexity index is 377. The molecule has 0 fully saturated rings. The van der Waals surface area contributed by atoms with Gasteiger partial charge >= 0.3 is 0 Å². The second-order valence-corrected chi connectivity index (χ2v) is 3.39. The van der Waals surface area contributed by atoms with Crippen molar-refractivity contribution in [2.75, 3.05) is 0 Å². The quantitative estimate of drug-likeness (QED) is 0.612. The molecule has 1 atom stereocenters. The number of benzene rings is 1. The molecule has 0 amide bonds. The van der Waals surface area contributed by atoms with Gasteiger partial charge in [0.1, 0.15) is 5.60 Å². The normalized spacial score (nSPS) is 14.9. The van der Waals surface area contributed by atoms with Gasteiger partial charge in [-0.2, -0.15) is 0 Å². The lowest BCUT2D eigenvalue weighted by molar-refractivity contribution is -0.123. The number of aliphatic hydroxyl groups is 1. The van der Waals surface area contributed by atoms with Gasteiger partial charge in [-0.05, 0) is 19.1 Å². The molecule has 0 saturated carbocycles. The molecule has 1 rings (SSSR count). The highest BCUT2D eigenvalue weighted by atomic mass is 35.5. The third kappa shape index (κ3) is 1.76. The number of halogens is 3. The van der Waals surface area contributed by atoms with Crippen LogP contribution in [0, 0.1) is 11.6 Å². The van der Waals surface area contributed by atoms with E-state index in [-0.39, 0.29) is 11.3 Å². The van der Waals surface area contributed by atoms with E-state index in [4.69, 9.17) is 11.6 Å². The van der Waals surface area contributed by atoms with Crippen LogP contribution in [0.25, 0.3) is 0 Å². The second-order valence-electron chi connectivity index (χ2n) is 2.98. The average molecular weight is 221 g/mol. The Morgan fingerprint density at radius 3 is 2.57 bits per heavy atom. The highest BCUT2D eigenvalue weighted by Crippen LogP contribution is 2.30. The fourth-order valence-electron chi connectivity index (χ4n) is 1.05. The summed E-state index contributed by atoms with van der Waals surface area (Å²) in [6.07, 6.45) is 0.0940. The van der Waals surface area contributed by atoms with E-state index in [1.54, 1.807) is 0 Å². The van der Waals surface area contributed by atoms with Crippen LogP contribution in [-0.4, -0.2) is 11.4 Å². The summed E-state index contributed by atoms with van der Waals surface area (Å²) in [5.74, 6) is -2.47. The average Bonchev–Trinajstić information content (AvgIpc) is 2.12. The third-order valence-corrected chi connectivity index (χ3v) is 2.09. The van der Waals surface area contributed by atoms with Gasteiger partial charge in [-0.1, -0.05) is 11.6 Å². The van der Waals surface area contributed by atoms with Crippen LogP contribution >= 0.6 is 11.6 Å². The fraction of sp³-hybridized carbons (Fsp3) is 0.222. The monoisotopic (exact) mass is 220 g/mol. The SMILES string of the molecule is CC(O)(C=O)c1c(Cl)ccc(F)c1F. The molecule has 76 valence electrons. The van der Waals surface area contributed by atoms with Crippen LogP contribution in [0.1, 0.15) is 12.5 Å². The lowest BCUT2D eigenvalue weighted by Gasteiger charge is -2.18. The number of carbonyl (C=O) groups excluding carboxylic acids is 1. The molecule has 2 nitrogen and oxygen atoms in total. The van der Waals surface area contributed by atoms with Crippen LogP contribution in [0.4, 0.5) is 8.78 Å². The zero-order chi connectivity index (χ0) is 10.9. The van der Waals surface area contributed by atoms with E-state index < -0.39 is 22.8 Å². The number of aldehydes is 1. The minimum absolute atomic E-state index is 0.0940. The molecule has 1 N–H and O–H groups in total. The van der Waals surface area contributed by atoms with E-state index in [9.17, 15) is 18.7 Å². The van der Waals surface area contributed by atoms with E-state index in [0.717, 1.165) is 19.1 Å². The Hall–Kier alpha value is -1.00. The smallest absolute Gasteiger partial charge is 0.166 e. The van der Waals surface area contributed by atoms with Gasteiger partial charge in [0.15, 0.2) is 17.9 Å². The summed E-state index contributed by atoms with van der Waals surface area (Å²) in [6.45, 7) is 1.03. The molecule has 1 aromatic carbocycles. The van der Waals surface area contributed by atoms with E-state index in [0.29, 0.717) is 0 Å². The predicted octanol–water partition coefficient (Wildman–Crippen LogP) is 2.02. The van der Waals surface area contributed by atoms with Crippen LogP contribution in [0.3, 0.4) is 0 Å². The maximum Gasteiger partial charge on any atom is 0.166 e. The molecule has 0 heterocycles. The van der Waals surface area contributed by atoms with Crippen molar-refractivity contribution in [1.29, 1.82) is 0 Å². The zero-order valence-corrected chi connectivity index (χ0v) is 7.98. The molecule has 0 radical (unpaired) electrons. The Morgan fingerprint density at radius 2 is 2.07 bits per heavy atom. The van der Waals surface area contributed by atoms with Crippen LogP contribution in [0.5, 0.6) is 0 Å². The fourth-order valence-corrected chi connectivity index (χ4v) is 1.39. The molecular weight excluding hydrogens is 214 g/mol. The topological polar surface area (TPSA) is 37.3 Å². The predicted molar refractivity (Wildman–Crippen MR) is 47.0 cm³/mol. The Kier molecular flexibility index (Phi) is 2.87. The standard InChI is InChI=1S/C9H7ClF2O2/c1-9(14,4-13)7-5(10)2-3-6(11)8(7)12/h2-4,14H,1H3. The molecule has 5 heteroatoms. The number of rotatable bonds is 2. The molecular formula is C9H7ClF2O2. The summed E-state index contributed by atoms with van der Waals surface area (Å²) in [4.78, 5) is 10.4. The van der Waals surface area contributed by atoms with Gasteiger partial charge in [0, 0.05) is 5.56 Å². The summed E-state index contributed by atoms with van der Waals surface area (Å²) in [7, 11) is 0. The Balaban J connectivity index is 3.47. The molecule has 0 saturated heterocycles. The molecule has 14 heavy (non-hydrogen) atoms. The largest absolute Gasteiger partial charge is 0.378 e. The molecule has 0 aliphatic heterocycles. The summed E-state index contributed by atoms with van der Waals surface area (Å²) in [5, 5.41) is 9.23. The highest BCUT2D eigenvalue weighted by molar-refractivity contribution is 6.31. The van der Waals surface area contributed by atoms with Gasteiger partial charge in [-0.3, -0.25) is 4.79 Å². The van der Waals surface area contributed by atoms with Crippen molar-refractivity contribution in [3.05, 3.63) is 34.4 Å². The maximum atomic E-state index is 13.2. The van der Waals surface area contributed by atoms with Crippen molar-refractivity contribution < 1.29 is 18.7 Å². The Labute approximate surface area is 84.1 Å². The first kappa shape index (κ1) is 11.1. The van der Waals surface area contributed by atoms with Gasteiger partial charge in [0.25, 0.3) is 0 Å². The zero-order valence-electron chi connectivity index (χ0n) is 7.22. The van der Waals surface area contributed by atoms with E-state index in [1.807, 2.05) is 0 Å². The Morgan fingerprint density at radius 1 is 1.50 bits per heavy atom. The van der Waals surface area contributed by atoms with Crippen LogP contribution < -0.4 is 0 Å². The third-order valence-electron chi connectivity index (χ3n) is 1.78. The highest BCUT2D eigenvalue weighted by Gasteiger charge is 2.30. The van der Waals surface area contributed by atoms with Crippen molar-refractivity contribution >= 4 is 17.9 Å². The molecule has 0 aliphatic rings. The number of carbonyl (C=O) groups is 1. The number of hydrogen-bond acceptors (Lipinski definition) is 2. The van der Waals surface area contributed by atoms with Crippen molar-refractivity contribution in [2.45, 2.75) is 12.5 Å². The second kappa shape index (κ2) is 3.63. The molecule has 1 unspecified atom stereocenters. The van der Waals surface area contributed by atoms with Crippen LogP contribution in [0.15, 0.2) is 12.1 Å². The summed E-state index contributed by atoms with van der Waals surface area (Å²) in [5.41, 5.74) is -2.67. The van der Waals surface area contributed by atoms with E-state index in [1.165, 1.54) is 0 Å². The van der Waals surface area contributed by atoms with Gasteiger partial charge < -0.3 is 5.11 Å². The maximum absolute atomic E-state index is 13.2. The van der Waals surface area contributed by atoms with Gasteiger partial charge in [0.2, 0.25) is 0 Å². The van der Waals surface area contributed by atoms with Crippen LogP contribution in [-0.2, 0) is 10.4 Å².